The lowest BCUT2D eigenvalue weighted by Crippen LogP contribution is -2.60. The molecule has 0 bridgehead atoms. The Labute approximate surface area is 546 Å². The number of para-hydroxylation sites is 3. The second kappa shape index (κ2) is 38.0. The average Bonchev–Trinajstić information content (AvgIpc) is 1.67. The molecule has 26 N–H and O–H groups in total. The molecule has 0 fully saturated rings. The molecule has 0 unspecified atom stereocenters. The average molecular weight is 1300 g/mol. The molecule has 94 heavy (non-hydrogen) atoms. The van der Waals surface area contributed by atoms with E-state index < -0.39 is 83.6 Å². The molecule has 29 nitrogen and oxygen atoms in total. The molecule has 3 heterocycles. The topological polar surface area (TPSA) is 513 Å². The van der Waals surface area contributed by atoms with Gasteiger partial charge in [-0.3, -0.25) is 53.3 Å². The lowest BCUT2D eigenvalue weighted by Gasteiger charge is -2.28. The summed E-state index contributed by atoms with van der Waals surface area (Å²) in [5.74, 6) is -6.03. The molecule has 8 amide bonds. The maximum Gasteiger partial charge on any atom is 0.243 e. The normalized spacial score (nSPS) is 13.4. The number of unbranched alkanes of at least 4 members (excludes halogenated alkanes) is 5. The van der Waals surface area contributed by atoms with Crippen molar-refractivity contribution in [3.8, 4) is 0 Å². The standard InChI is InChI=1S/C65H95N21O8/c1-2-3-4-5-6-28-55(87)74-29-14-13-25-49(56(67)88)81-60(92)53(34-40-37-79-47-23-11-8-19-43(40)47)85-58(90)51(27-17-32-77-65(72)73)83-62(94)54(35-41-38-80-48-24-12-9-20-44(41)48)86-59(91)50(26-16-31-76-64(70)71)82-61(93)52(33-39-36-78-46-22-10-7-18-42(39)46)84-57(89)45(66)21-15-30-75-63(68)69/h7-12,18-20,22-24,36-38,45,49-54,78-80H,2-6,13-17,21,25-35,66H2,1H3,(H2,67,88)(H,74,87)(H,81,92)(H,82,93)(H,83,94)(H,84,89)(H,85,90)(H,86,91)(H4,68,69,75)(H4,70,71,76)(H4,72,73,77)/t45-,49+,50-,51+,52+,53-,54+/m1/s1. The van der Waals surface area contributed by atoms with Gasteiger partial charge in [0.1, 0.15) is 36.3 Å². The van der Waals surface area contributed by atoms with Crippen LogP contribution in [0.2, 0.25) is 0 Å². The van der Waals surface area contributed by atoms with Crippen molar-refractivity contribution in [1.29, 1.82) is 0 Å². The molecule has 3 aromatic heterocycles. The minimum Gasteiger partial charge on any atom is -0.370 e. The van der Waals surface area contributed by atoms with Crippen molar-refractivity contribution in [1.82, 2.24) is 52.2 Å². The fourth-order valence-electron chi connectivity index (χ4n) is 11.0. The van der Waals surface area contributed by atoms with Gasteiger partial charge in [0.25, 0.3) is 0 Å². The van der Waals surface area contributed by atoms with Crippen LogP contribution < -0.4 is 83.1 Å². The summed E-state index contributed by atoms with van der Waals surface area (Å²) in [6.07, 6.45) is 12.1. The van der Waals surface area contributed by atoms with Gasteiger partial charge in [0.05, 0.1) is 6.04 Å². The summed E-state index contributed by atoms with van der Waals surface area (Å²) < 4.78 is 0. The van der Waals surface area contributed by atoms with Crippen LogP contribution in [-0.4, -0.2) is 149 Å². The number of primary amides is 1. The molecule has 3 aromatic carbocycles. The summed E-state index contributed by atoms with van der Waals surface area (Å²) in [6, 6.07) is 12.9. The molecule has 508 valence electrons. The van der Waals surface area contributed by atoms with E-state index in [1.165, 1.54) is 0 Å². The van der Waals surface area contributed by atoms with E-state index in [1.807, 2.05) is 72.8 Å². The molecule has 0 saturated heterocycles. The van der Waals surface area contributed by atoms with Crippen molar-refractivity contribution >= 4 is 97.8 Å². The summed E-state index contributed by atoms with van der Waals surface area (Å²) in [6.45, 7) is 2.79. The molecule has 7 atom stereocenters. The number of carbonyl (C=O) groups is 8. The first-order valence-corrected chi connectivity index (χ1v) is 32.2. The van der Waals surface area contributed by atoms with Gasteiger partial charge < -0.3 is 98.0 Å². The number of hydrogen-bond donors (Lipinski definition) is 18. The largest absolute Gasteiger partial charge is 0.370 e. The number of aromatic nitrogens is 3. The number of aromatic amines is 3. The summed E-state index contributed by atoms with van der Waals surface area (Å²) >= 11 is 0. The van der Waals surface area contributed by atoms with E-state index in [9.17, 15) is 24.0 Å². The first kappa shape index (κ1) is 72.9. The van der Waals surface area contributed by atoms with E-state index in [4.69, 9.17) is 45.9 Å². The van der Waals surface area contributed by atoms with Gasteiger partial charge in [-0.25, -0.2) is 0 Å². The number of H-pyrrole nitrogens is 3. The summed E-state index contributed by atoms with van der Waals surface area (Å²) in [4.78, 5) is 136. The van der Waals surface area contributed by atoms with Crippen LogP contribution in [0.1, 0.15) is 120 Å². The Morgan fingerprint density at radius 2 is 0.755 bits per heavy atom. The molecular formula is C65H95N21O8. The van der Waals surface area contributed by atoms with Gasteiger partial charge in [-0.1, -0.05) is 87.2 Å². The Hall–Kier alpha value is -10.2. The van der Waals surface area contributed by atoms with E-state index >= 15 is 14.4 Å². The molecule has 6 aromatic rings. The lowest BCUT2D eigenvalue weighted by atomic mass is 10.0. The monoisotopic (exact) mass is 1300 g/mol. The third-order valence-electron chi connectivity index (χ3n) is 16.1. The van der Waals surface area contributed by atoms with E-state index in [1.54, 1.807) is 18.6 Å². The first-order chi connectivity index (χ1) is 45.2. The third kappa shape index (κ3) is 23.8. The predicted octanol–water partition coefficient (Wildman–Crippen LogP) is 0.688. The van der Waals surface area contributed by atoms with Crippen molar-refractivity contribution in [3.63, 3.8) is 0 Å². The second-order valence-electron chi connectivity index (χ2n) is 23.4. The molecule has 0 aliphatic heterocycles. The first-order valence-electron chi connectivity index (χ1n) is 32.2. The Morgan fingerprint density at radius 1 is 0.404 bits per heavy atom. The Morgan fingerprint density at radius 3 is 1.16 bits per heavy atom. The molecule has 0 aliphatic rings. The smallest absolute Gasteiger partial charge is 0.243 e. The zero-order chi connectivity index (χ0) is 67.9. The number of nitrogens with zero attached hydrogens (tertiary/aromatic N) is 3. The number of benzene rings is 3. The number of rotatable bonds is 42. The highest BCUT2D eigenvalue weighted by Crippen LogP contribution is 2.23. The van der Waals surface area contributed by atoms with Crippen molar-refractivity contribution in [2.45, 2.75) is 165 Å². The Bertz CT molecular complexity index is 3560. The van der Waals surface area contributed by atoms with Crippen molar-refractivity contribution < 1.29 is 38.4 Å². The van der Waals surface area contributed by atoms with Gasteiger partial charge in [0, 0.05) is 103 Å². The number of guanidine groups is 3. The highest BCUT2D eigenvalue weighted by atomic mass is 16.2. The van der Waals surface area contributed by atoms with Crippen LogP contribution in [-0.2, 0) is 57.6 Å². The van der Waals surface area contributed by atoms with Gasteiger partial charge in [0.15, 0.2) is 17.9 Å². The van der Waals surface area contributed by atoms with Gasteiger partial charge >= 0.3 is 0 Å². The highest BCUT2D eigenvalue weighted by molar-refractivity contribution is 5.99. The molecular weight excluding hydrogens is 1200 g/mol. The van der Waals surface area contributed by atoms with Gasteiger partial charge in [-0.15, -0.1) is 0 Å². The summed E-state index contributed by atoms with van der Waals surface area (Å²) in [7, 11) is 0. The highest BCUT2D eigenvalue weighted by Gasteiger charge is 2.35. The second-order valence-corrected chi connectivity index (χ2v) is 23.4. The number of carbonyl (C=O) groups excluding carboxylic acids is 8. The van der Waals surface area contributed by atoms with Gasteiger partial charge in [0.2, 0.25) is 47.3 Å². The zero-order valence-corrected chi connectivity index (χ0v) is 53.5. The van der Waals surface area contributed by atoms with E-state index in [2.05, 4.69) is 74.1 Å². The third-order valence-corrected chi connectivity index (χ3v) is 16.1. The van der Waals surface area contributed by atoms with Crippen LogP contribution in [0.5, 0.6) is 0 Å². The molecule has 0 spiro atoms. The Kier molecular flexibility index (Phi) is 29.4. The van der Waals surface area contributed by atoms with Crippen LogP contribution in [0, 0.1) is 0 Å². The molecule has 0 aliphatic carbocycles. The lowest BCUT2D eigenvalue weighted by molar-refractivity contribution is -0.135. The molecule has 0 radical (unpaired) electrons. The van der Waals surface area contributed by atoms with Crippen molar-refractivity contribution in [2.24, 2.45) is 60.8 Å². The van der Waals surface area contributed by atoms with E-state index in [0.29, 0.717) is 48.9 Å². The number of fused-ring (bicyclic) bond motifs is 3. The SMILES string of the molecule is CCCCCCCC(=O)NCCCC[C@H](NC(=O)[C@@H](Cc1c[nH]c2ccccc12)NC(=O)[C@H](CCCN=C(N)N)NC(=O)[C@H](Cc1c[nH]c2ccccc12)NC(=O)[C@@H](CCCN=C(N)N)NC(=O)[C@H](Cc1c[nH]c2ccccc12)NC(=O)[C@H](N)CCCN=C(N)N)C(N)=O. The summed E-state index contributed by atoms with van der Waals surface area (Å²) in [5.41, 5.74) is 50.1. The summed E-state index contributed by atoms with van der Waals surface area (Å²) in [5, 5.41) is 22.1. The van der Waals surface area contributed by atoms with Crippen LogP contribution in [0.3, 0.4) is 0 Å². The zero-order valence-electron chi connectivity index (χ0n) is 53.5. The molecule has 0 saturated carbocycles. The Balaban J connectivity index is 1.28. The van der Waals surface area contributed by atoms with Crippen LogP contribution >= 0.6 is 0 Å². The van der Waals surface area contributed by atoms with Crippen LogP contribution in [0.4, 0.5) is 0 Å². The fourth-order valence-corrected chi connectivity index (χ4v) is 11.0. The number of aliphatic imine (C=N–C) groups is 3. The fraction of sp³-hybridized carbons (Fsp3) is 0.462. The van der Waals surface area contributed by atoms with E-state index in [-0.39, 0.29) is 101 Å². The number of nitrogens with two attached hydrogens (primary N) is 8. The van der Waals surface area contributed by atoms with Gasteiger partial charge in [-0.05, 0) is 99.1 Å². The number of hydrogen-bond acceptors (Lipinski definition) is 12. The maximum absolute atomic E-state index is 15.2. The molecule has 29 heteroatoms. The quantitative estimate of drug-likeness (QED) is 0.0142. The van der Waals surface area contributed by atoms with Gasteiger partial charge in [-0.2, -0.15) is 0 Å². The van der Waals surface area contributed by atoms with Crippen LogP contribution in [0.15, 0.2) is 106 Å². The minimum absolute atomic E-state index is 0.0358. The number of nitrogens with one attached hydrogen (secondary N) is 10. The minimum atomic E-state index is -1.46. The van der Waals surface area contributed by atoms with E-state index in [0.717, 1.165) is 64.8 Å². The van der Waals surface area contributed by atoms with Crippen LogP contribution in [0.25, 0.3) is 32.7 Å². The molecule has 6 rings (SSSR count). The predicted molar refractivity (Wildman–Crippen MR) is 365 cm³/mol. The van der Waals surface area contributed by atoms with Crippen molar-refractivity contribution in [3.05, 3.63) is 108 Å². The van der Waals surface area contributed by atoms with Crippen molar-refractivity contribution in [2.75, 3.05) is 26.2 Å². The maximum atomic E-state index is 15.2. The number of amides is 8.